The predicted octanol–water partition coefficient (Wildman–Crippen LogP) is 2.99. The van der Waals surface area contributed by atoms with Crippen LogP contribution in [0.15, 0.2) is 18.2 Å². The molecule has 1 heterocycles. The van der Waals surface area contributed by atoms with Crippen LogP contribution in [-0.4, -0.2) is 25.0 Å². The molecule has 0 saturated carbocycles. The molecule has 1 aromatic carbocycles. The van der Waals surface area contributed by atoms with Gasteiger partial charge >= 0.3 is 0 Å². The zero-order chi connectivity index (χ0) is 14.8. The lowest BCUT2D eigenvalue weighted by Gasteiger charge is -2.39. The van der Waals surface area contributed by atoms with Crippen molar-refractivity contribution in [2.24, 2.45) is 5.41 Å². The number of piperidine rings is 1. The number of hydrogen-bond acceptors (Lipinski definition) is 2. The molecule has 0 radical (unpaired) electrons. The van der Waals surface area contributed by atoms with Crippen molar-refractivity contribution in [3.63, 3.8) is 0 Å². The smallest absolute Gasteiger partial charge is 0.254 e. The van der Waals surface area contributed by atoms with Crippen LogP contribution in [0.25, 0.3) is 0 Å². The SMILES string of the molecule is CC1(C)CCCNC1CNC(=O)c1cccc(Cl)c1F. The summed E-state index contributed by atoms with van der Waals surface area (Å²) in [5.41, 5.74) is 0.115. The Morgan fingerprint density at radius 2 is 2.30 bits per heavy atom. The van der Waals surface area contributed by atoms with Crippen molar-refractivity contribution in [1.29, 1.82) is 0 Å². The first kappa shape index (κ1) is 15.3. The molecule has 1 aromatic rings. The van der Waals surface area contributed by atoms with Crippen LogP contribution in [-0.2, 0) is 0 Å². The second kappa shape index (κ2) is 6.10. The molecule has 0 bridgehead atoms. The number of carbonyl (C=O) groups excluding carboxylic acids is 1. The molecule has 0 aromatic heterocycles. The molecule has 1 fully saturated rings. The molecular weight excluding hydrogens is 279 g/mol. The molecule has 110 valence electrons. The van der Waals surface area contributed by atoms with Crippen LogP contribution in [0.5, 0.6) is 0 Å². The average molecular weight is 299 g/mol. The number of halogens is 2. The second-order valence-electron chi connectivity index (χ2n) is 5.91. The molecule has 20 heavy (non-hydrogen) atoms. The van der Waals surface area contributed by atoms with Crippen molar-refractivity contribution >= 4 is 17.5 Å². The third-order valence-corrected chi connectivity index (χ3v) is 4.29. The Kier molecular flexibility index (Phi) is 4.66. The molecule has 1 aliphatic rings. The Bertz CT molecular complexity index is 505. The maximum atomic E-state index is 13.8. The minimum atomic E-state index is -0.664. The Labute approximate surface area is 123 Å². The third kappa shape index (κ3) is 3.30. The van der Waals surface area contributed by atoms with Gasteiger partial charge in [0.25, 0.3) is 5.91 Å². The van der Waals surface area contributed by atoms with E-state index >= 15 is 0 Å². The van der Waals surface area contributed by atoms with Gasteiger partial charge in [0.05, 0.1) is 10.6 Å². The van der Waals surface area contributed by atoms with E-state index in [0.29, 0.717) is 6.54 Å². The fourth-order valence-corrected chi connectivity index (χ4v) is 2.76. The molecule has 3 nitrogen and oxygen atoms in total. The van der Waals surface area contributed by atoms with E-state index in [9.17, 15) is 9.18 Å². The van der Waals surface area contributed by atoms with E-state index in [1.54, 1.807) is 6.07 Å². The summed E-state index contributed by atoms with van der Waals surface area (Å²) in [7, 11) is 0. The topological polar surface area (TPSA) is 41.1 Å². The molecule has 1 aliphatic heterocycles. The minimum Gasteiger partial charge on any atom is -0.350 e. The van der Waals surface area contributed by atoms with Gasteiger partial charge in [-0.1, -0.05) is 31.5 Å². The van der Waals surface area contributed by atoms with Gasteiger partial charge in [-0.3, -0.25) is 4.79 Å². The Morgan fingerprint density at radius 1 is 1.55 bits per heavy atom. The highest BCUT2D eigenvalue weighted by molar-refractivity contribution is 6.31. The fourth-order valence-electron chi connectivity index (χ4n) is 2.59. The number of hydrogen-bond donors (Lipinski definition) is 2. The zero-order valence-electron chi connectivity index (χ0n) is 11.8. The van der Waals surface area contributed by atoms with Gasteiger partial charge in [0.15, 0.2) is 5.82 Å². The largest absolute Gasteiger partial charge is 0.350 e. The summed E-state index contributed by atoms with van der Waals surface area (Å²) < 4.78 is 13.8. The van der Waals surface area contributed by atoms with Crippen molar-refractivity contribution in [2.45, 2.75) is 32.7 Å². The first-order valence-corrected chi connectivity index (χ1v) is 7.25. The van der Waals surface area contributed by atoms with E-state index < -0.39 is 11.7 Å². The molecule has 1 saturated heterocycles. The van der Waals surface area contributed by atoms with E-state index in [1.165, 1.54) is 12.1 Å². The van der Waals surface area contributed by atoms with Crippen LogP contribution in [0, 0.1) is 11.2 Å². The highest BCUT2D eigenvalue weighted by Gasteiger charge is 2.32. The lowest BCUT2D eigenvalue weighted by atomic mass is 9.77. The molecular formula is C15H20ClFN2O. The summed E-state index contributed by atoms with van der Waals surface area (Å²) in [6, 6.07) is 4.64. The molecule has 1 amide bonds. The van der Waals surface area contributed by atoms with Gasteiger partial charge in [0, 0.05) is 12.6 Å². The minimum absolute atomic E-state index is 0.00823. The standard InChI is InChI=1S/C15H20ClFN2O/c1-15(2)7-4-8-18-12(15)9-19-14(20)10-5-3-6-11(16)13(10)17/h3,5-6,12,18H,4,7-9H2,1-2H3,(H,19,20). The second-order valence-corrected chi connectivity index (χ2v) is 6.32. The van der Waals surface area contributed by atoms with Crippen molar-refractivity contribution in [3.8, 4) is 0 Å². The van der Waals surface area contributed by atoms with Gasteiger partial charge in [-0.05, 0) is 36.9 Å². The van der Waals surface area contributed by atoms with Gasteiger partial charge in [-0.2, -0.15) is 0 Å². The molecule has 1 atom stereocenters. The van der Waals surface area contributed by atoms with Crippen LogP contribution in [0.4, 0.5) is 4.39 Å². The third-order valence-electron chi connectivity index (χ3n) is 3.99. The summed E-state index contributed by atoms with van der Waals surface area (Å²) in [6.07, 6.45) is 2.26. The van der Waals surface area contributed by atoms with Crippen LogP contribution in [0.3, 0.4) is 0 Å². The van der Waals surface area contributed by atoms with E-state index in [2.05, 4.69) is 24.5 Å². The van der Waals surface area contributed by atoms with E-state index in [-0.39, 0.29) is 22.0 Å². The van der Waals surface area contributed by atoms with Gasteiger partial charge in [-0.15, -0.1) is 0 Å². The zero-order valence-corrected chi connectivity index (χ0v) is 12.6. The Morgan fingerprint density at radius 3 is 3.00 bits per heavy atom. The van der Waals surface area contributed by atoms with E-state index in [4.69, 9.17) is 11.6 Å². The lowest BCUT2D eigenvalue weighted by Crippen LogP contribution is -2.52. The lowest BCUT2D eigenvalue weighted by molar-refractivity contribution is 0.0925. The van der Waals surface area contributed by atoms with Crippen molar-refractivity contribution in [2.75, 3.05) is 13.1 Å². The van der Waals surface area contributed by atoms with Crippen LogP contribution in [0.1, 0.15) is 37.0 Å². The highest BCUT2D eigenvalue weighted by atomic mass is 35.5. The molecule has 2 N–H and O–H groups in total. The summed E-state index contributed by atoms with van der Waals surface area (Å²) in [6.45, 7) is 5.79. The first-order valence-electron chi connectivity index (χ1n) is 6.87. The van der Waals surface area contributed by atoms with Gasteiger partial charge in [-0.25, -0.2) is 4.39 Å². The van der Waals surface area contributed by atoms with Crippen molar-refractivity contribution in [3.05, 3.63) is 34.6 Å². The predicted molar refractivity (Wildman–Crippen MR) is 78.5 cm³/mol. The summed E-state index contributed by atoms with van der Waals surface area (Å²) in [4.78, 5) is 12.0. The maximum Gasteiger partial charge on any atom is 0.254 e. The number of nitrogens with one attached hydrogen (secondary N) is 2. The van der Waals surface area contributed by atoms with Crippen LogP contribution < -0.4 is 10.6 Å². The van der Waals surface area contributed by atoms with Crippen LogP contribution in [0.2, 0.25) is 5.02 Å². The van der Waals surface area contributed by atoms with E-state index in [0.717, 1.165) is 19.4 Å². The quantitative estimate of drug-likeness (QED) is 0.901. The van der Waals surface area contributed by atoms with Gasteiger partial charge in [0.1, 0.15) is 0 Å². The molecule has 2 rings (SSSR count). The number of carbonyl (C=O) groups is 1. The van der Waals surface area contributed by atoms with E-state index in [1.807, 2.05) is 0 Å². The van der Waals surface area contributed by atoms with Crippen molar-refractivity contribution < 1.29 is 9.18 Å². The molecule has 0 spiro atoms. The Balaban J connectivity index is 2.00. The molecule has 5 heteroatoms. The normalized spacial score (nSPS) is 21.5. The molecule has 0 aliphatic carbocycles. The highest BCUT2D eigenvalue weighted by Crippen LogP contribution is 2.29. The summed E-state index contributed by atoms with van der Waals surface area (Å²) in [5.74, 6) is -1.09. The maximum absolute atomic E-state index is 13.8. The van der Waals surface area contributed by atoms with Crippen LogP contribution >= 0.6 is 11.6 Å². The monoisotopic (exact) mass is 298 g/mol. The summed E-state index contributed by atoms with van der Waals surface area (Å²) in [5, 5.41) is 6.17. The summed E-state index contributed by atoms with van der Waals surface area (Å²) >= 11 is 5.68. The number of amides is 1. The average Bonchev–Trinajstić information content (AvgIpc) is 2.40. The first-order chi connectivity index (χ1) is 9.42. The van der Waals surface area contributed by atoms with Gasteiger partial charge < -0.3 is 10.6 Å². The van der Waals surface area contributed by atoms with Crippen molar-refractivity contribution in [1.82, 2.24) is 10.6 Å². The number of rotatable bonds is 3. The number of benzene rings is 1. The fraction of sp³-hybridized carbons (Fsp3) is 0.533. The Hall–Kier alpha value is -1.13. The molecule has 1 unspecified atom stereocenters. The van der Waals surface area contributed by atoms with Gasteiger partial charge in [0.2, 0.25) is 0 Å².